The lowest BCUT2D eigenvalue weighted by molar-refractivity contribution is -0.384. The molecule has 9 heteroatoms. The van der Waals surface area contributed by atoms with Crippen molar-refractivity contribution in [1.29, 1.82) is 0 Å². The molecule has 1 amide bonds. The minimum absolute atomic E-state index is 0.0281. The molecule has 0 unspecified atom stereocenters. The van der Waals surface area contributed by atoms with Gasteiger partial charge in [0.15, 0.2) is 0 Å². The first kappa shape index (κ1) is 23.6. The van der Waals surface area contributed by atoms with Gasteiger partial charge in [0.25, 0.3) is 17.4 Å². The van der Waals surface area contributed by atoms with Crippen molar-refractivity contribution < 1.29 is 29.5 Å². The van der Waals surface area contributed by atoms with Gasteiger partial charge in [0.05, 0.1) is 16.5 Å². The maximum Gasteiger partial charge on any atom is 0.303 e. The SMILES string of the molecule is Cc1ccc([C@@H]2C(=C(O)c3ccc([N+](=O)[O-])cc3)C(=O)C(=O)N2CCCCCC(=O)O)cc1. The molecule has 172 valence electrons. The number of Topliss-reactive ketones (excluding diaryl/α,β-unsaturated/α-hetero) is 1. The predicted octanol–water partition coefficient (Wildman–Crippen LogP) is 3.97. The summed E-state index contributed by atoms with van der Waals surface area (Å²) in [7, 11) is 0. The van der Waals surface area contributed by atoms with Gasteiger partial charge in [0, 0.05) is 30.7 Å². The molecule has 1 saturated heterocycles. The molecule has 3 rings (SSSR count). The monoisotopic (exact) mass is 452 g/mol. The van der Waals surface area contributed by atoms with Crippen molar-refractivity contribution >= 4 is 29.1 Å². The number of hydrogen-bond donors (Lipinski definition) is 2. The van der Waals surface area contributed by atoms with Crippen LogP contribution in [0.15, 0.2) is 54.1 Å². The lowest BCUT2D eigenvalue weighted by Crippen LogP contribution is -2.30. The Kier molecular flexibility index (Phi) is 7.22. The summed E-state index contributed by atoms with van der Waals surface area (Å²) in [6.07, 6.45) is 1.55. The zero-order valence-corrected chi connectivity index (χ0v) is 18.1. The summed E-state index contributed by atoms with van der Waals surface area (Å²) >= 11 is 0. The summed E-state index contributed by atoms with van der Waals surface area (Å²) in [4.78, 5) is 48.3. The third kappa shape index (κ3) is 5.25. The van der Waals surface area contributed by atoms with Gasteiger partial charge in [-0.25, -0.2) is 0 Å². The Morgan fingerprint density at radius 1 is 1.00 bits per heavy atom. The van der Waals surface area contributed by atoms with Crippen molar-refractivity contribution in [3.8, 4) is 0 Å². The topological polar surface area (TPSA) is 138 Å². The van der Waals surface area contributed by atoms with Crippen molar-refractivity contribution in [2.75, 3.05) is 6.54 Å². The van der Waals surface area contributed by atoms with E-state index in [1.54, 1.807) is 12.1 Å². The minimum atomic E-state index is -0.891. The molecule has 2 aromatic rings. The number of ketones is 1. The molecule has 2 N–H and O–H groups in total. The van der Waals surface area contributed by atoms with E-state index in [2.05, 4.69) is 0 Å². The van der Waals surface area contributed by atoms with Gasteiger partial charge < -0.3 is 15.1 Å². The highest BCUT2D eigenvalue weighted by molar-refractivity contribution is 6.46. The van der Waals surface area contributed by atoms with E-state index < -0.39 is 34.4 Å². The number of aliphatic carboxylic acids is 1. The minimum Gasteiger partial charge on any atom is -0.507 e. The number of hydrogen-bond acceptors (Lipinski definition) is 6. The number of rotatable bonds is 9. The second-order valence-electron chi connectivity index (χ2n) is 7.91. The zero-order valence-electron chi connectivity index (χ0n) is 18.1. The van der Waals surface area contributed by atoms with E-state index in [-0.39, 0.29) is 29.8 Å². The van der Waals surface area contributed by atoms with E-state index in [9.17, 15) is 29.6 Å². The van der Waals surface area contributed by atoms with Gasteiger partial charge >= 0.3 is 5.97 Å². The van der Waals surface area contributed by atoms with Crippen LogP contribution in [-0.4, -0.2) is 44.2 Å². The number of carbonyl (C=O) groups is 3. The smallest absolute Gasteiger partial charge is 0.303 e. The van der Waals surface area contributed by atoms with Crippen LogP contribution in [-0.2, 0) is 14.4 Å². The van der Waals surface area contributed by atoms with Crippen LogP contribution >= 0.6 is 0 Å². The molecule has 0 radical (unpaired) electrons. The summed E-state index contributed by atoms with van der Waals surface area (Å²) in [5, 5.41) is 30.7. The Bertz CT molecular complexity index is 1100. The van der Waals surface area contributed by atoms with Crippen LogP contribution in [0.5, 0.6) is 0 Å². The Morgan fingerprint density at radius 2 is 1.64 bits per heavy atom. The molecule has 1 fully saturated rings. The summed E-state index contributed by atoms with van der Waals surface area (Å²) < 4.78 is 0. The lowest BCUT2D eigenvalue weighted by atomic mass is 9.94. The molecule has 1 atom stereocenters. The quantitative estimate of drug-likeness (QED) is 0.147. The first-order chi connectivity index (χ1) is 15.7. The number of likely N-dealkylation sites (tertiary alicyclic amines) is 1. The molecule has 1 heterocycles. The van der Waals surface area contributed by atoms with Crippen LogP contribution in [0, 0.1) is 17.0 Å². The summed E-state index contributed by atoms with van der Waals surface area (Å²) in [5.41, 5.74) is 1.58. The van der Waals surface area contributed by atoms with Crippen LogP contribution < -0.4 is 0 Å². The Labute approximate surface area is 190 Å². The van der Waals surface area contributed by atoms with Crippen LogP contribution in [0.25, 0.3) is 5.76 Å². The third-order valence-electron chi connectivity index (χ3n) is 5.57. The number of unbranched alkanes of at least 4 members (excludes halogenated alkanes) is 2. The highest BCUT2D eigenvalue weighted by Crippen LogP contribution is 2.39. The van der Waals surface area contributed by atoms with Gasteiger partial charge in [0.1, 0.15) is 5.76 Å². The highest BCUT2D eigenvalue weighted by atomic mass is 16.6. The standard InChI is InChI=1S/C24H24N2O7/c1-15-6-8-16(9-7-15)21-20(22(29)17-10-12-18(13-11-17)26(32)33)23(30)24(31)25(21)14-4-2-3-5-19(27)28/h6-13,21,29H,2-5,14H2,1H3,(H,27,28)/t21-/m1/s1. The second-order valence-corrected chi connectivity index (χ2v) is 7.91. The molecule has 0 bridgehead atoms. The summed E-state index contributed by atoms with van der Waals surface area (Å²) in [6.45, 7) is 2.12. The van der Waals surface area contributed by atoms with E-state index in [1.165, 1.54) is 29.2 Å². The molecule has 2 aromatic carbocycles. The van der Waals surface area contributed by atoms with Crippen LogP contribution in [0.4, 0.5) is 5.69 Å². The number of benzene rings is 2. The molecule has 33 heavy (non-hydrogen) atoms. The van der Waals surface area contributed by atoms with Crippen molar-refractivity contribution in [2.24, 2.45) is 0 Å². The van der Waals surface area contributed by atoms with Gasteiger partial charge in [0.2, 0.25) is 0 Å². The molecule has 0 aliphatic carbocycles. The Hall–Kier alpha value is -4.01. The van der Waals surface area contributed by atoms with Crippen LogP contribution in [0.1, 0.15) is 48.4 Å². The lowest BCUT2D eigenvalue weighted by Gasteiger charge is -2.25. The number of nitro benzene ring substituents is 1. The molecule has 1 aliphatic heterocycles. The Balaban J connectivity index is 1.97. The Morgan fingerprint density at radius 3 is 2.21 bits per heavy atom. The maximum absolute atomic E-state index is 12.9. The van der Waals surface area contributed by atoms with Crippen molar-refractivity contribution in [1.82, 2.24) is 4.90 Å². The number of aliphatic hydroxyl groups excluding tert-OH is 1. The third-order valence-corrected chi connectivity index (χ3v) is 5.57. The number of nitrogens with zero attached hydrogens (tertiary/aromatic N) is 2. The molecule has 0 aromatic heterocycles. The predicted molar refractivity (Wildman–Crippen MR) is 119 cm³/mol. The van der Waals surface area contributed by atoms with Crippen molar-refractivity contribution in [3.05, 3.63) is 80.9 Å². The van der Waals surface area contributed by atoms with Crippen LogP contribution in [0.3, 0.4) is 0 Å². The summed E-state index contributed by atoms with van der Waals surface area (Å²) in [6, 6.07) is 11.5. The average molecular weight is 452 g/mol. The van der Waals surface area contributed by atoms with Gasteiger partial charge in [-0.1, -0.05) is 36.2 Å². The van der Waals surface area contributed by atoms with E-state index in [1.807, 2.05) is 19.1 Å². The maximum atomic E-state index is 12.9. The molecule has 0 saturated carbocycles. The van der Waals surface area contributed by atoms with Crippen molar-refractivity contribution in [2.45, 2.75) is 38.6 Å². The fraction of sp³-hybridized carbons (Fsp3) is 0.292. The number of nitro groups is 1. The number of carbonyl (C=O) groups excluding carboxylic acids is 2. The molecule has 1 aliphatic rings. The average Bonchev–Trinajstić information content (AvgIpc) is 3.03. The number of aryl methyl sites for hydroxylation is 1. The molecule has 0 spiro atoms. The number of non-ortho nitro benzene ring substituents is 1. The molecular weight excluding hydrogens is 428 g/mol. The fourth-order valence-corrected chi connectivity index (χ4v) is 3.84. The van der Waals surface area contributed by atoms with Crippen molar-refractivity contribution in [3.63, 3.8) is 0 Å². The largest absolute Gasteiger partial charge is 0.507 e. The van der Waals surface area contributed by atoms with Gasteiger partial charge in [-0.3, -0.25) is 24.5 Å². The van der Waals surface area contributed by atoms with Crippen LogP contribution in [0.2, 0.25) is 0 Å². The van der Waals surface area contributed by atoms with E-state index >= 15 is 0 Å². The number of carboxylic acid groups (broad SMARTS) is 1. The molecule has 9 nitrogen and oxygen atoms in total. The highest BCUT2D eigenvalue weighted by Gasteiger charge is 2.45. The number of amides is 1. The number of carboxylic acids is 1. The summed E-state index contributed by atoms with van der Waals surface area (Å²) in [5.74, 6) is -2.87. The van der Waals surface area contributed by atoms with E-state index in [0.29, 0.717) is 24.8 Å². The van der Waals surface area contributed by atoms with Gasteiger partial charge in [-0.15, -0.1) is 0 Å². The van der Waals surface area contributed by atoms with E-state index in [0.717, 1.165) is 5.56 Å². The van der Waals surface area contributed by atoms with Gasteiger partial charge in [-0.2, -0.15) is 0 Å². The molecular formula is C24H24N2O7. The zero-order chi connectivity index (χ0) is 24.1. The fourth-order valence-electron chi connectivity index (χ4n) is 3.84. The number of aliphatic hydroxyl groups is 1. The second kappa shape index (κ2) is 10.1. The first-order valence-electron chi connectivity index (χ1n) is 10.5. The normalized spacial score (nSPS) is 17.4. The first-order valence-corrected chi connectivity index (χ1v) is 10.5. The van der Waals surface area contributed by atoms with Gasteiger partial charge in [-0.05, 0) is 37.5 Å². The van der Waals surface area contributed by atoms with E-state index in [4.69, 9.17) is 5.11 Å².